The van der Waals surface area contributed by atoms with E-state index < -0.39 is 72.5 Å². The molecular formula is C32H40F2N4O7. The fourth-order valence-electron chi connectivity index (χ4n) is 4.43. The number of ether oxygens (including phenoxy) is 2. The zero-order valence-corrected chi connectivity index (χ0v) is 25.7. The molecule has 2 heterocycles. The molecule has 2 bridgehead atoms. The molecule has 3 atom stereocenters. The van der Waals surface area contributed by atoms with Gasteiger partial charge in [0.1, 0.15) is 11.8 Å². The van der Waals surface area contributed by atoms with E-state index in [2.05, 4.69) is 21.3 Å². The number of nitrogens with one attached hydrogen (secondary N) is 4. The van der Waals surface area contributed by atoms with Crippen LogP contribution in [0.5, 0.6) is 5.75 Å². The number of ketones is 1. The number of amides is 4. The van der Waals surface area contributed by atoms with Crippen molar-refractivity contribution in [1.82, 2.24) is 21.3 Å². The molecule has 0 aromatic heterocycles. The second-order valence-electron chi connectivity index (χ2n) is 11.5. The molecule has 0 aliphatic carbocycles. The molecular weight excluding hydrogens is 590 g/mol. The van der Waals surface area contributed by atoms with Crippen LogP contribution in [0.3, 0.4) is 0 Å². The molecule has 0 saturated heterocycles. The van der Waals surface area contributed by atoms with Crippen LogP contribution in [0.4, 0.5) is 8.78 Å². The molecule has 2 aromatic rings. The summed E-state index contributed by atoms with van der Waals surface area (Å²) in [7, 11) is 0. The first kappa shape index (κ1) is 35.1. The predicted molar refractivity (Wildman–Crippen MR) is 160 cm³/mol. The molecule has 0 fully saturated rings. The number of halogens is 2. The van der Waals surface area contributed by atoms with Crippen LogP contribution in [0.25, 0.3) is 0 Å². The van der Waals surface area contributed by atoms with E-state index in [4.69, 9.17) is 9.47 Å². The van der Waals surface area contributed by atoms with E-state index in [1.54, 1.807) is 27.7 Å². The van der Waals surface area contributed by atoms with Gasteiger partial charge in [-0.1, -0.05) is 70.2 Å². The molecule has 244 valence electrons. The van der Waals surface area contributed by atoms with Crippen molar-refractivity contribution in [3.8, 4) is 5.75 Å². The standard InChI is InChI=1S/C32H40F2N4O7/c1-19(2)25(17-44-16-22-8-6-5-7-9-22)37-31(43)32(33,34)29(41)24-14-21-10-12-23(13-11-21)45-18-27(40)35-15-26(39)38-28(20(3)4)30(42)36-24/h5-13,19-20,24-25,28H,14-18H2,1-4H3,(H,35,40)(H,36,42)(H,37,43)(H,38,39)/t24-,25?,28-/m0/s1. The highest BCUT2D eigenvalue weighted by Crippen LogP contribution is 2.22. The van der Waals surface area contributed by atoms with Crippen molar-refractivity contribution in [3.63, 3.8) is 0 Å². The minimum atomic E-state index is -4.52. The van der Waals surface area contributed by atoms with E-state index in [1.165, 1.54) is 24.3 Å². The van der Waals surface area contributed by atoms with Crippen LogP contribution in [0.2, 0.25) is 0 Å². The fraction of sp³-hybridized carbons (Fsp3) is 0.469. The molecule has 13 heteroatoms. The predicted octanol–water partition coefficient (Wildman–Crippen LogP) is 1.93. The fourth-order valence-corrected chi connectivity index (χ4v) is 4.43. The lowest BCUT2D eigenvalue weighted by Gasteiger charge is -2.28. The molecule has 4 rings (SSSR count). The van der Waals surface area contributed by atoms with E-state index in [0.29, 0.717) is 5.56 Å². The van der Waals surface area contributed by atoms with E-state index in [0.717, 1.165) is 5.56 Å². The lowest BCUT2D eigenvalue weighted by atomic mass is 9.96. The van der Waals surface area contributed by atoms with Crippen LogP contribution >= 0.6 is 0 Å². The third-order valence-corrected chi connectivity index (χ3v) is 7.20. The smallest absolute Gasteiger partial charge is 0.383 e. The highest BCUT2D eigenvalue weighted by Gasteiger charge is 2.51. The number of fused-ring (bicyclic) bond motifs is 13. The first-order valence-corrected chi connectivity index (χ1v) is 14.7. The van der Waals surface area contributed by atoms with Gasteiger partial charge in [0.05, 0.1) is 31.8 Å². The molecule has 0 radical (unpaired) electrons. The summed E-state index contributed by atoms with van der Waals surface area (Å²) in [6.07, 6.45) is -0.388. The molecule has 45 heavy (non-hydrogen) atoms. The number of alkyl halides is 2. The molecule has 2 aliphatic heterocycles. The molecule has 0 saturated carbocycles. The van der Waals surface area contributed by atoms with Gasteiger partial charge in [0.25, 0.3) is 11.8 Å². The number of hydrogen-bond acceptors (Lipinski definition) is 7. The maximum Gasteiger partial charge on any atom is 0.383 e. The minimum Gasteiger partial charge on any atom is -0.484 e. The highest BCUT2D eigenvalue weighted by atomic mass is 19.3. The Balaban J connectivity index is 1.82. The van der Waals surface area contributed by atoms with Crippen molar-refractivity contribution in [2.24, 2.45) is 11.8 Å². The molecule has 4 amide bonds. The zero-order chi connectivity index (χ0) is 33.1. The van der Waals surface area contributed by atoms with E-state index in [1.807, 2.05) is 30.3 Å². The van der Waals surface area contributed by atoms with Crippen molar-refractivity contribution in [3.05, 3.63) is 65.7 Å². The number of rotatable bonds is 10. The van der Waals surface area contributed by atoms with Gasteiger partial charge in [-0.05, 0) is 35.1 Å². The van der Waals surface area contributed by atoms with Crippen LogP contribution in [0, 0.1) is 11.8 Å². The van der Waals surface area contributed by atoms with Crippen molar-refractivity contribution in [1.29, 1.82) is 0 Å². The van der Waals surface area contributed by atoms with E-state index in [9.17, 15) is 24.0 Å². The average molecular weight is 631 g/mol. The third-order valence-electron chi connectivity index (χ3n) is 7.20. The van der Waals surface area contributed by atoms with Gasteiger partial charge < -0.3 is 30.7 Å². The second-order valence-corrected chi connectivity index (χ2v) is 11.5. The van der Waals surface area contributed by atoms with Gasteiger partial charge in [0.15, 0.2) is 6.61 Å². The lowest BCUT2D eigenvalue weighted by Crippen LogP contribution is -2.60. The van der Waals surface area contributed by atoms with Gasteiger partial charge in [-0.2, -0.15) is 8.78 Å². The van der Waals surface area contributed by atoms with Gasteiger partial charge in [-0.15, -0.1) is 0 Å². The van der Waals surface area contributed by atoms with E-state index >= 15 is 8.78 Å². The number of carbonyl (C=O) groups is 5. The van der Waals surface area contributed by atoms with Crippen LogP contribution in [-0.4, -0.2) is 73.2 Å². The zero-order valence-electron chi connectivity index (χ0n) is 25.7. The highest BCUT2D eigenvalue weighted by molar-refractivity contribution is 6.10. The average Bonchev–Trinajstić information content (AvgIpc) is 3.00. The molecule has 2 aliphatic rings. The number of benzene rings is 2. The SMILES string of the molecule is CC(C)C(COCc1ccccc1)NC(=O)C(F)(F)C(=O)[C@@H]1Cc2ccc(cc2)OCC(=O)NCC(=O)N[C@@H](C(C)C)C(=O)N1. The van der Waals surface area contributed by atoms with Crippen LogP contribution in [0.1, 0.15) is 38.8 Å². The maximum atomic E-state index is 15.6. The Kier molecular flexibility index (Phi) is 12.5. The van der Waals surface area contributed by atoms with Crippen LogP contribution in [-0.2, 0) is 41.7 Å². The topological polar surface area (TPSA) is 152 Å². The Labute approximate surface area is 260 Å². The van der Waals surface area contributed by atoms with Crippen molar-refractivity contribution in [2.75, 3.05) is 19.8 Å². The Morgan fingerprint density at radius 1 is 0.978 bits per heavy atom. The Morgan fingerprint density at radius 3 is 2.27 bits per heavy atom. The molecule has 1 unspecified atom stereocenters. The number of hydrogen-bond donors (Lipinski definition) is 4. The van der Waals surface area contributed by atoms with Crippen LogP contribution in [0.15, 0.2) is 54.6 Å². The normalized spacial score (nSPS) is 18.9. The first-order chi connectivity index (χ1) is 21.3. The van der Waals surface area contributed by atoms with Gasteiger partial charge >= 0.3 is 5.92 Å². The number of Topliss-reactive ketones (excluding diaryl/α,β-unsaturated/α-hetero) is 1. The quantitative estimate of drug-likeness (QED) is 0.231. The number of carbonyl (C=O) groups excluding carboxylic acids is 5. The van der Waals surface area contributed by atoms with Gasteiger partial charge in [-0.3, -0.25) is 24.0 Å². The van der Waals surface area contributed by atoms with E-state index in [-0.39, 0.29) is 31.3 Å². The summed E-state index contributed by atoms with van der Waals surface area (Å²) < 4.78 is 42.2. The second kappa shape index (κ2) is 16.1. The van der Waals surface area contributed by atoms with Crippen molar-refractivity contribution in [2.45, 2.75) is 64.8 Å². The van der Waals surface area contributed by atoms with Gasteiger partial charge in [0, 0.05) is 6.42 Å². The summed E-state index contributed by atoms with van der Waals surface area (Å²) in [5.41, 5.74) is 1.23. The molecule has 4 N–H and O–H groups in total. The molecule has 11 nitrogen and oxygen atoms in total. The summed E-state index contributed by atoms with van der Waals surface area (Å²) in [4.78, 5) is 64.1. The third kappa shape index (κ3) is 10.3. The summed E-state index contributed by atoms with van der Waals surface area (Å²) >= 11 is 0. The first-order valence-electron chi connectivity index (χ1n) is 14.7. The largest absolute Gasteiger partial charge is 0.484 e. The molecule has 0 spiro atoms. The summed E-state index contributed by atoms with van der Waals surface area (Å²) in [6, 6.07) is 11.2. The van der Waals surface area contributed by atoms with Crippen LogP contribution < -0.4 is 26.0 Å². The molecule has 2 aromatic carbocycles. The summed E-state index contributed by atoms with van der Waals surface area (Å²) in [6.45, 7) is 5.93. The lowest BCUT2D eigenvalue weighted by molar-refractivity contribution is -0.161. The summed E-state index contributed by atoms with van der Waals surface area (Å²) in [5.74, 6) is -10.9. The van der Waals surface area contributed by atoms with Crippen molar-refractivity contribution >= 4 is 29.4 Å². The van der Waals surface area contributed by atoms with Gasteiger partial charge in [-0.25, -0.2) is 0 Å². The maximum absolute atomic E-state index is 15.6. The van der Waals surface area contributed by atoms with Gasteiger partial charge in [0.2, 0.25) is 17.6 Å². The Hall–Kier alpha value is -4.39. The Bertz CT molecular complexity index is 1340. The minimum absolute atomic E-state index is 0.0760. The Morgan fingerprint density at radius 2 is 1.64 bits per heavy atom. The summed E-state index contributed by atoms with van der Waals surface area (Å²) in [5, 5.41) is 9.40. The van der Waals surface area contributed by atoms with Crippen molar-refractivity contribution < 1.29 is 42.2 Å². The monoisotopic (exact) mass is 630 g/mol.